The zero-order chi connectivity index (χ0) is 10.8. The predicted molar refractivity (Wildman–Crippen MR) is 57.4 cm³/mol. The lowest BCUT2D eigenvalue weighted by molar-refractivity contribution is 0.0697. The molecule has 0 saturated heterocycles. The molecule has 0 fully saturated rings. The van der Waals surface area contributed by atoms with E-state index in [2.05, 4.69) is 4.98 Å². The first-order valence-electron chi connectivity index (χ1n) is 4.46. The molecule has 78 valence electrons. The Morgan fingerprint density at radius 1 is 1.53 bits per heavy atom. The largest absolute Gasteiger partial charge is 0.478 e. The molecule has 2 aromatic rings. The van der Waals surface area contributed by atoms with Crippen LogP contribution in [0.15, 0.2) is 24.5 Å². The molecule has 0 spiro atoms. The average Bonchev–Trinajstić information content (AvgIpc) is 2.61. The maximum Gasteiger partial charge on any atom is 0.335 e. The Bertz CT molecular complexity index is 507. The number of nitrogens with zero attached hydrogens (tertiary/aromatic N) is 2. The molecular weight excluding hydrogens is 216 g/mol. The summed E-state index contributed by atoms with van der Waals surface area (Å²) < 4.78 is 1.90. The number of carbonyl (C=O) groups is 1. The van der Waals surface area contributed by atoms with Crippen LogP contribution in [0.5, 0.6) is 0 Å². The zero-order valence-corrected chi connectivity index (χ0v) is 8.61. The first-order chi connectivity index (χ1) is 7.22. The summed E-state index contributed by atoms with van der Waals surface area (Å²) in [5.74, 6) is -0.435. The fraction of sp³-hybridized carbons (Fsp3) is 0.200. The van der Waals surface area contributed by atoms with Crippen molar-refractivity contribution in [2.24, 2.45) is 0 Å². The van der Waals surface area contributed by atoms with E-state index in [9.17, 15) is 4.79 Å². The summed E-state index contributed by atoms with van der Waals surface area (Å²) in [7, 11) is 0. The van der Waals surface area contributed by atoms with Crippen LogP contribution >= 0.6 is 11.6 Å². The van der Waals surface area contributed by atoms with E-state index >= 15 is 0 Å². The highest BCUT2D eigenvalue weighted by Gasteiger charge is 2.06. The third-order valence-electron chi connectivity index (χ3n) is 2.19. The molecule has 1 heterocycles. The maximum atomic E-state index is 10.7. The zero-order valence-electron chi connectivity index (χ0n) is 7.85. The number of aromatic carboxylic acids is 1. The molecule has 2 rings (SSSR count). The van der Waals surface area contributed by atoms with Gasteiger partial charge in [0, 0.05) is 12.4 Å². The van der Waals surface area contributed by atoms with Crippen LogP contribution in [0, 0.1) is 0 Å². The number of halogens is 1. The fourth-order valence-electron chi connectivity index (χ4n) is 1.47. The first kappa shape index (κ1) is 9.98. The van der Waals surface area contributed by atoms with Crippen LogP contribution in [0.3, 0.4) is 0 Å². The molecule has 1 aromatic carbocycles. The van der Waals surface area contributed by atoms with Crippen LogP contribution in [0.4, 0.5) is 0 Å². The minimum atomic E-state index is -0.941. The third kappa shape index (κ3) is 1.80. The van der Waals surface area contributed by atoms with Crippen LogP contribution in [-0.4, -0.2) is 26.5 Å². The number of fused-ring (bicyclic) bond motifs is 1. The van der Waals surface area contributed by atoms with Gasteiger partial charge in [-0.2, -0.15) is 0 Å². The summed E-state index contributed by atoms with van der Waals surface area (Å²) in [4.78, 5) is 14.8. The maximum absolute atomic E-state index is 10.7. The summed E-state index contributed by atoms with van der Waals surface area (Å²) in [6.07, 6.45) is 1.67. The molecule has 1 N–H and O–H groups in total. The van der Waals surface area contributed by atoms with Crippen molar-refractivity contribution in [1.29, 1.82) is 0 Å². The Kier molecular flexibility index (Phi) is 2.60. The smallest absolute Gasteiger partial charge is 0.335 e. The van der Waals surface area contributed by atoms with Gasteiger partial charge in [0.15, 0.2) is 0 Å². The predicted octanol–water partition coefficient (Wildman–Crippen LogP) is 1.97. The van der Waals surface area contributed by atoms with Gasteiger partial charge in [-0.3, -0.25) is 0 Å². The minimum absolute atomic E-state index is 0.249. The third-order valence-corrected chi connectivity index (χ3v) is 2.36. The number of aryl methyl sites for hydroxylation is 1. The van der Waals surface area contributed by atoms with E-state index in [1.165, 1.54) is 0 Å². The van der Waals surface area contributed by atoms with E-state index < -0.39 is 5.97 Å². The monoisotopic (exact) mass is 224 g/mol. The molecule has 0 saturated carbocycles. The molecule has 0 bridgehead atoms. The van der Waals surface area contributed by atoms with Crippen molar-refractivity contribution >= 4 is 28.6 Å². The van der Waals surface area contributed by atoms with E-state index in [0.717, 1.165) is 5.52 Å². The minimum Gasteiger partial charge on any atom is -0.478 e. The van der Waals surface area contributed by atoms with E-state index in [1.54, 1.807) is 24.5 Å². The second-order valence-corrected chi connectivity index (χ2v) is 3.51. The number of aromatic nitrogens is 2. The SMILES string of the molecule is O=C(O)c1ccc2c(c1)ncn2CCCl. The van der Waals surface area contributed by atoms with Crippen LogP contribution in [-0.2, 0) is 6.54 Å². The summed E-state index contributed by atoms with van der Waals surface area (Å²) in [6, 6.07) is 4.87. The molecule has 15 heavy (non-hydrogen) atoms. The van der Waals surface area contributed by atoms with Crippen LogP contribution in [0.25, 0.3) is 11.0 Å². The van der Waals surface area contributed by atoms with Gasteiger partial charge < -0.3 is 9.67 Å². The standard InChI is InChI=1S/C10H9ClN2O2/c11-3-4-13-6-12-8-5-7(10(14)15)1-2-9(8)13/h1-2,5-6H,3-4H2,(H,14,15). The molecule has 5 heteroatoms. The molecule has 1 aromatic heterocycles. The number of carboxylic acid groups (broad SMARTS) is 1. The van der Waals surface area contributed by atoms with Crippen molar-refractivity contribution in [3.8, 4) is 0 Å². The Balaban J connectivity index is 2.51. The number of imidazole rings is 1. The van der Waals surface area contributed by atoms with E-state index in [1.807, 2.05) is 4.57 Å². The Hall–Kier alpha value is -1.55. The van der Waals surface area contributed by atoms with Crippen molar-refractivity contribution in [2.75, 3.05) is 5.88 Å². The van der Waals surface area contributed by atoms with Crippen molar-refractivity contribution in [3.63, 3.8) is 0 Å². The van der Waals surface area contributed by atoms with Gasteiger partial charge in [-0.15, -0.1) is 11.6 Å². The van der Waals surface area contributed by atoms with Gasteiger partial charge in [-0.1, -0.05) is 0 Å². The molecule has 0 aliphatic carbocycles. The number of hydrogen-bond donors (Lipinski definition) is 1. The number of rotatable bonds is 3. The highest BCUT2D eigenvalue weighted by molar-refractivity contribution is 6.17. The molecule has 0 radical (unpaired) electrons. The summed E-state index contributed by atoms with van der Waals surface area (Å²) in [5, 5.41) is 8.80. The van der Waals surface area contributed by atoms with E-state index in [0.29, 0.717) is 17.9 Å². The molecule has 0 aliphatic heterocycles. The molecule has 0 amide bonds. The van der Waals surface area contributed by atoms with Crippen molar-refractivity contribution < 1.29 is 9.90 Å². The molecular formula is C10H9ClN2O2. The fourth-order valence-corrected chi connectivity index (χ4v) is 1.65. The average molecular weight is 225 g/mol. The quantitative estimate of drug-likeness (QED) is 0.811. The Labute approximate surface area is 91.1 Å². The summed E-state index contributed by atoms with van der Waals surface area (Å²) >= 11 is 5.63. The topological polar surface area (TPSA) is 55.1 Å². The van der Waals surface area contributed by atoms with Gasteiger partial charge in [0.05, 0.1) is 22.9 Å². The van der Waals surface area contributed by atoms with Crippen LogP contribution in [0.2, 0.25) is 0 Å². The summed E-state index contributed by atoms with van der Waals surface area (Å²) in [6.45, 7) is 0.671. The van der Waals surface area contributed by atoms with Crippen LogP contribution in [0.1, 0.15) is 10.4 Å². The lowest BCUT2D eigenvalue weighted by atomic mass is 10.2. The number of alkyl halides is 1. The van der Waals surface area contributed by atoms with Crippen molar-refractivity contribution in [3.05, 3.63) is 30.1 Å². The number of carboxylic acids is 1. The Morgan fingerprint density at radius 3 is 3.00 bits per heavy atom. The molecule has 0 atom stereocenters. The lowest BCUT2D eigenvalue weighted by Crippen LogP contribution is -1.98. The van der Waals surface area contributed by atoms with Gasteiger partial charge in [0.25, 0.3) is 0 Å². The lowest BCUT2D eigenvalue weighted by Gasteiger charge is -2.00. The number of hydrogen-bond acceptors (Lipinski definition) is 2. The van der Waals surface area contributed by atoms with Gasteiger partial charge in [-0.25, -0.2) is 9.78 Å². The molecule has 4 nitrogen and oxygen atoms in total. The van der Waals surface area contributed by atoms with E-state index in [-0.39, 0.29) is 5.56 Å². The van der Waals surface area contributed by atoms with Gasteiger partial charge >= 0.3 is 5.97 Å². The Morgan fingerprint density at radius 2 is 2.33 bits per heavy atom. The van der Waals surface area contributed by atoms with Gasteiger partial charge in [0.1, 0.15) is 0 Å². The highest BCUT2D eigenvalue weighted by atomic mass is 35.5. The van der Waals surface area contributed by atoms with Crippen molar-refractivity contribution in [2.45, 2.75) is 6.54 Å². The second-order valence-electron chi connectivity index (χ2n) is 3.14. The molecule has 0 aliphatic rings. The summed E-state index contributed by atoms with van der Waals surface area (Å²) in [5.41, 5.74) is 1.83. The van der Waals surface area contributed by atoms with Crippen molar-refractivity contribution in [1.82, 2.24) is 9.55 Å². The van der Waals surface area contributed by atoms with Gasteiger partial charge in [-0.05, 0) is 18.2 Å². The van der Waals surface area contributed by atoms with E-state index in [4.69, 9.17) is 16.7 Å². The molecule has 0 unspecified atom stereocenters. The highest BCUT2D eigenvalue weighted by Crippen LogP contribution is 2.15. The van der Waals surface area contributed by atoms with Crippen LogP contribution < -0.4 is 0 Å². The number of benzene rings is 1. The second kappa shape index (κ2) is 3.90. The normalized spacial score (nSPS) is 10.7. The van der Waals surface area contributed by atoms with Gasteiger partial charge in [0.2, 0.25) is 0 Å². The first-order valence-corrected chi connectivity index (χ1v) is 5.00.